The van der Waals surface area contributed by atoms with E-state index in [1.807, 2.05) is 24.3 Å². The first-order chi connectivity index (χ1) is 11.1. The number of hydrogen-bond donors (Lipinski definition) is 1. The number of carbonyl (C=O) groups excluding carboxylic acids is 1. The SMILES string of the molecule is COc1ccccc1CCNC(=O)Cc1cc(F)ccc1OC. The van der Waals surface area contributed by atoms with Crippen LogP contribution in [0.1, 0.15) is 11.1 Å². The molecule has 0 heterocycles. The highest BCUT2D eigenvalue weighted by molar-refractivity contribution is 5.79. The summed E-state index contributed by atoms with van der Waals surface area (Å²) in [6, 6.07) is 11.8. The summed E-state index contributed by atoms with van der Waals surface area (Å²) in [5, 5.41) is 2.83. The fourth-order valence-corrected chi connectivity index (χ4v) is 2.37. The lowest BCUT2D eigenvalue weighted by atomic mass is 10.1. The molecule has 1 amide bonds. The molecule has 2 aromatic carbocycles. The third-order valence-electron chi connectivity index (χ3n) is 3.50. The molecule has 0 unspecified atom stereocenters. The molecule has 4 nitrogen and oxygen atoms in total. The standard InChI is InChI=1S/C18H20FNO3/c1-22-16-6-4-3-5-13(16)9-10-20-18(21)12-14-11-15(19)7-8-17(14)23-2/h3-8,11H,9-10,12H2,1-2H3,(H,20,21). The zero-order valence-corrected chi connectivity index (χ0v) is 13.3. The number of hydrogen-bond acceptors (Lipinski definition) is 3. The molecule has 2 aromatic rings. The van der Waals surface area contributed by atoms with E-state index in [2.05, 4.69) is 5.32 Å². The summed E-state index contributed by atoms with van der Waals surface area (Å²) in [4.78, 5) is 12.0. The summed E-state index contributed by atoms with van der Waals surface area (Å²) >= 11 is 0. The third kappa shape index (κ3) is 4.71. The maximum absolute atomic E-state index is 13.3. The number of para-hydroxylation sites is 1. The number of halogens is 1. The molecule has 0 saturated heterocycles. The summed E-state index contributed by atoms with van der Waals surface area (Å²) in [5.41, 5.74) is 1.56. The smallest absolute Gasteiger partial charge is 0.224 e. The Balaban J connectivity index is 1.89. The predicted molar refractivity (Wildman–Crippen MR) is 86.4 cm³/mol. The van der Waals surface area contributed by atoms with Crippen molar-refractivity contribution in [2.75, 3.05) is 20.8 Å². The highest BCUT2D eigenvalue weighted by Gasteiger charge is 2.10. The van der Waals surface area contributed by atoms with Crippen molar-refractivity contribution in [1.82, 2.24) is 5.32 Å². The Morgan fingerprint density at radius 1 is 1.04 bits per heavy atom. The van der Waals surface area contributed by atoms with Gasteiger partial charge in [-0.15, -0.1) is 0 Å². The number of methoxy groups -OCH3 is 2. The fraction of sp³-hybridized carbons (Fsp3) is 0.278. The second-order valence-corrected chi connectivity index (χ2v) is 5.04. The van der Waals surface area contributed by atoms with Crippen LogP contribution in [0.25, 0.3) is 0 Å². The molecule has 0 saturated carbocycles. The van der Waals surface area contributed by atoms with E-state index >= 15 is 0 Å². The van der Waals surface area contributed by atoms with Crippen LogP contribution in [-0.4, -0.2) is 26.7 Å². The van der Waals surface area contributed by atoms with Gasteiger partial charge in [-0.1, -0.05) is 18.2 Å². The molecule has 23 heavy (non-hydrogen) atoms. The molecule has 2 rings (SSSR count). The molecule has 0 radical (unpaired) electrons. The van der Waals surface area contributed by atoms with Crippen LogP contribution < -0.4 is 14.8 Å². The van der Waals surface area contributed by atoms with Crippen molar-refractivity contribution in [3.63, 3.8) is 0 Å². The van der Waals surface area contributed by atoms with Gasteiger partial charge in [0.25, 0.3) is 0 Å². The highest BCUT2D eigenvalue weighted by atomic mass is 19.1. The summed E-state index contributed by atoms with van der Waals surface area (Å²) in [7, 11) is 3.12. The Kier molecular flexibility index (Phi) is 5.97. The topological polar surface area (TPSA) is 47.6 Å². The van der Waals surface area contributed by atoms with Crippen LogP contribution >= 0.6 is 0 Å². The first-order valence-corrected chi connectivity index (χ1v) is 7.35. The van der Waals surface area contributed by atoms with Crippen molar-refractivity contribution in [2.24, 2.45) is 0 Å². The molecule has 0 aromatic heterocycles. The van der Waals surface area contributed by atoms with Crippen LogP contribution in [0.15, 0.2) is 42.5 Å². The summed E-state index contributed by atoms with van der Waals surface area (Å²) in [6.45, 7) is 0.483. The normalized spacial score (nSPS) is 10.2. The molecular formula is C18H20FNO3. The van der Waals surface area contributed by atoms with Gasteiger partial charge in [-0.2, -0.15) is 0 Å². The number of rotatable bonds is 7. The van der Waals surface area contributed by atoms with Crippen LogP contribution in [0.2, 0.25) is 0 Å². The van der Waals surface area contributed by atoms with Crippen LogP contribution in [-0.2, 0) is 17.6 Å². The van der Waals surface area contributed by atoms with Gasteiger partial charge in [0, 0.05) is 12.1 Å². The molecular weight excluding hydrogens is 297 g/mol. The minimum Gasteiger partial charge on any atom is -0.496 e. The average Bonchev–Trinajstić information content (AvgIpc) is 2.55. The second kappa shape index (κ2) is 8.17. The van der Waals surface area contributed by atoms with Gasteiger partial charge in [-0.05, 0) is 36.2 Å². The minimum absolute atomic E-state index is 0.0762. The lowest BCUT2D eigenvalue weighted by Gasteiger charge is -2.10. The Labute approximate surface area is 135 Å². The number of benzene rings is 2. The number of ether oxygens (including phenoxy) is 2. The summed E-state index contributed by atoms with van der Waals surface area (Å²) < 4.78 is 23.7. The highest BCUT2D eigenvalue weighted by Crippen LogP contribution is 2.20. The van der Waals surface area contributed by atoms with Gasteiger partial charge in [0.2, 0.25) is 5.91 Å². The van der Waals surface area contributed by atoms with Gasteiger partial charge in [0.15, 0.2) is 0 Å². The maximum Gasteiger partial charge on any atom is 0.224 e. The van der Waals surface area contributed by atoms with Gasteiger partial charge < -0.3 is 14.8 Å². The molecule has 0 bridgehead atoms. The average molecular weight is 317 g/mol. The van der Waals surface area contributed by atoms with E-state index in [0.29, 0.717) is 24.3 Å². The van der Waals surface area contributed by atoms with E-state index in [1.165, 1.54) is 25.3 Å². The van der Waals surface area contributed by atoms with E-state index in [9.17, 15) is 9.18 Å². The van der Waals surface area contributed by atoms with Gasteiger partial charge in [-0.25, -0.2) is 4.39 Å². The Morgan fingerprint density at radius 3 is 2.48 bits per heavy atom. The van der Waals surface area contributed by atoms with E-state index < -0.39 is 0 Å². The van der Waals surface area contributed by atoms with Crippen LogP contribution in [0.3, 0.4) is 0 Å². The van der Waals surface area contributed by atoms with Crippen LogP contribution in [0, 0.1) is 5.82 Å². The molecule has 1 N–H and O–H groups in total. The Hall–Kier alpha value is -2.56. The lowest BCUT2D eigenvalue weighted by molar-refractivity contribution is -0.120. The van der Waals surface area contributed by atoms with E-state index in [1.54, 1.807) is 7.11 Å². The maximum atomic E-state index is 13.3. The first-order valence-electron chi connectivity index (χ1n) is 7.35. The predicted octanol–water partition coefficient (Wildman–Crippen LogP) is 2.74. The van der Waals surface area contributed by atoms with E-state index in [0.717, 1.165) is 11.3 Å². The largest absolute Gasteiger partial charge is 0.496 e. The van der Waals surface area contributed by atoms with Gasteiger partial charge in [0.05, 0.1) is 20.6 Å². The van der Waals surface area contributed by atoms with Crippen molar-refractivity contribution in [2.45, 2.75) is 12.8 Å². The number of amides is 1. The van der Waals surface area contributed by atoms with Crippen molar-refractivity contribution < 1.29 is 18.7 Å². The Bertz CT molecular complexity index is 673. The van der Waals surface area contributed by atoms with Crippen molar-refractivity contribution in [3.05, 3.63) is 59.4 Å². The zero-order chi connectivity index (χ0) is 16.7. The molecule has 0 fully saturated rings. The number of carbonyl (C=O) groups is 1. The molecule has 0 aliphatic heterocycles. The van der Waals surface area contributed by atoms with Crippen LogP contribution in [0.5, 0.6) is 11.5 Å². The van der Waals surface area contributed by atoms with Crippen molar-refractivity contribution in [3.8, 4) is 11.5 Å². The van der Waals surface area contributed by atoms with Crippen molar-refractivity contribution in [1.29, 1.82) is 0 Å². The molecule has 5 heteroatoms. The molecule has 0 atom stereocenters. The second-order valence-electron chi connectivity index (χ2n) is 5.04. The van der Waals surface area contributed by atoms with E-state index in [4.69, 9.17) is 9.47 Å². The van der Waals surface area contributed by atoms with Gasteiger partial charge in [0.1, 0.15) is 17.3 Å². The first kappa shape index (κ1) is 16.8. The summed E-state index contributed by atoms with van der Waals surface area (Å²) in [6.07, 6.45) is 0.739. The fourth-order valence-electron chi connectivity index (χ4n) is 2.37. The lowest BCUT2D eigenvalue weighted by Crippen LogP contribution is -2.27. The monoisotopic (exact) mass is 317 g/mol. The van der Waals surface area contributed by atoms with Crippen LogP contribution in [0.4, 0.5) is 4.39 Å². The third-order valence-corrected chi connectivity index (χ3v) is 3.50. The zero-order valence-electron chi connectivity index (χ0n) is 13.3. The van der Waals surface area contributed by atoms with Gasteiger partial charge >= 0.3 is 0 Å². The van der Waals surface area contributed by atoms with Crippen molar-refractivity contribution >= 4 is 5.91 Å². The minimum atomic E-state index is -0.386. The summed E-state index contributed by atoms with van der Waals surface area (Å²) in [5.74, 6) is 0.742. The molecule has 0 spiro atoms. The molecule has 0 aliphatic carbocycles. The number of nitrogens with one attached hydrogen (secondary N) is 1. The molecule has 122 valence electrons. The van der Waals surface area contributed by atoms with Gasteiger partial charge in [-0.3, -0.25) is 4.79 Å². The Morgan fingerprint density at radius 2 is 1.74 bits per heavy atom. The van der Waals surface area contributed by atoms with E-state index in [-0.39, 0.29) is 18.1 Å². The quantitative estimate of drug-likeness (QED) is 0.854. The molecule has 0 aliphatic rings.